The molecule has 2 aromatic rings. The molecular formula is C21H24N2O7S. The molecule has 0 bridgehead atoms. The minimum atomic E-state index is -3.78. The summed E-state index contributed by atoms with van der Waals surface area (Å²) in [4.78, 5) is 12.2. The molecule has 9 nitrogen and oxygen atoms in total. The van der Waals surface area contributed by atoms with Crippen LogP contribution in [0, 0.1) is 0 Å². The lowest BCUT2D eigenvalue weighted by Crippen LogP contribution is -2.30. The van der Waals surface area contributed by atoms with Gasteiger partial charge in [0, 0.05) is 37.6 Å². The van der Waals surface area contributed by atoms with Crippen molar-refractivity contribution in [3.05, 3.63) is 42.0 Å². The molecule has 4 rings (SSSR count). The van der Waals surface area contributed by atoms with Crippen LogP contribution < -0.4 is 29.0 Å². The summed E-state index contributed by atoms with van der Waals surface area (Å²) in [6, 6.07) is 9.96. The van der Waals surface area contributed by atoms with Crippen molar-refractivity contribution in [2.45, 2.75) is 24.3 Å². The van der Waals surface area contributed by atoms with Crippen LogP contribution >= 0.6 is 0 Å². The summed E-state index contributed by atoms with van der Waals surface area (Å²) in [6.07, 6.45) is 0.727. The number of ether oxygens (including phenoxy) is 4. The van der Waals surface area contributed by atoms with Gasteiger partial charge in [-0.3, -0.25) is 4.79 Å². The molecule has 2 aliphatic heterocycles. The zero-order valence-electron chi connectivity index (χ0n) is 16.9. The second-order valence-corrected chi connectivity index (χ2v) is 8.79. The van der Waals surface area contributed by atoms with Crippen LogP contribution in [0.3, 0.4) is 0 Å². The van der Waals surface area contributed by atoms with Crippen molar-refractivity contribution in [2.24, 2.45) is 0 Å². The van der Waals surface area contributed by atoms with Crippen LogP contribution in [-0.4, -0.2) is 47.3 Å². The standard InChI is InChI=1S/C21H24N2O7S/c24-20(22-14-15-3-1-4-18-21(15)30-12-11-29-18)7-8-23-31(25,26)16-5-6-17-19(13-16)28-10-2-9-27-17/h1,3-6,13,23H,2,7-12,14H2,(H,22,24). The molecule has 10 heteroatoms. The van der Waals surface area contributed by atoms with Gasteiger partial charge in [-0.1, -0.05) is 12.1 Å². The summed E-state index contributed by atoms with van der Waals surface area (Å²) < 4.78 is 49.8. The topological polar surface area (TPSA) is 112 Å². The summed E-state index contributed by atoms with van der Waals surface area (Å²) in [5, 5.41) is 2.78. The van der Waals surface area contributed by atoms with E-state index in [1.54, 1.807) is 6.07 Å². The average Bonchev–Trinajstić information content (AvgIpc) is 3.02. The van der Waals surface area contributed by atoms with E-state index in [1.807, 2.05) is 18.2 Å². The summed E-state index contributed by atoms with van der Waals surface area (Å²) in [5.74, 6) is 1.92. The number of carbonyl (C=O) groups excluding carboxylic acids is 1. The molecule has 2 aliphatic rings. The fraction of sp³-hybridized carbons (Fsp3) is 0.381. The zero-order valence-corrected chi connectivity index (χ0v) is 17.7. The third-order valence-corrected chi connectivity index (χ3v) is 6.26. The molecule has 0 radical (unpaired) electrons. The average molecular weight is 448 g/mol. The molecule has 0 unspecified atom stereocenters. The van der Waals surface area contributed by atoms with E-state index in [9.17, 15) is 13.2 Å². The van der Waals surface area contributed by atoms with Gasteiger partial charge < -0.3 is 24.3 Å². The van der Waals surface area contributed by atoms with Crippen LogP contribution in [0.15, 0.2) is 41.3 Å². The molecule has 166 valence electrons. The third-order valence-electron chi connectivity index (χ3n) is 4.80. The van der Waals surface area contributed by atoms with E-state index in [4.69, 9.17) is 18.9 Å². The Labute approximate surface area is 180 Å². The molecule has 1 amide bonds. The zero-order chi connectivity index (χ0) is 21.7. The molecule has 31 heavy (non-hydrogen) atoms. The lowest BCUT2D eigenvalue weighted by molar-refractivity contribution is -0.121. The first-order chi connectivity index (χ1) is 15.0. The SMILES string of the molecule is O=C(CCNS(=O)(=O)c1ccc2c(c1)OCCCO2)NCc1cccc2c1OCCO2. The van der Waals surface area contributed by atoms with Gasteiger partial charge in [0.25, 0.3) is 0 Å². The smallest absolute Gasteiger partial charge is 0.240 e. The van der Waals surface area contributed by atoms with Crippen molar-refractivity contribution in [1.82, 2.24) is 10.0 Å². The lowest BCUT2D eigenvalue weighted by Gasteiger charge is -2.21. The van der Waals surface area contributed by atoms with Crippen LogP contribution in [-0.2, 0) is 21.4 Å². The molecule has 0 aliphatic carbocycles. The largest absolute Gasteiger partial charge is 0.490 e. The number of hydrogen-bond acceptors (Lipinski definition) is 7. The second-order valence-electron chi connectivity index (χ2n) is 7.02. The Morgan fingerprint density at radius 2 is 1.68 bits per heavy atom. The molecule has 0 saturated carbocycles. The van der Waals surface area contributed by atoms with Crippen molar-refractivity contribution in [2.75, 3.05) is 33.0 Å². The van der Waals surface area contributed by atoms with Gasteiger partial charge in [-0.2, -0.15) is 0 Å². The van der Waals surface area contributed by atoms with Crippen molar-refractivity contribution < 1.29 is 32.2 Å². The molecule has 0 spiro atoms. The Hall–Kier alpha value is -2.98. The summed E-state index contributed by atoms with van der Waals surface area (Å²) in [5.41, 5.74) is 0.804. The van der Waals surface area contributed by atoms with Crippen molar-refractivity contribution in [3.63, 3.8) is 0 Å². The third kappa shape index (κ3) is 5.20. The minimum absolute atomic E-state index is 0.00381. The van der Waals surface area contributed by atoms with Crippen molar-refractivity contribution >= 4 is 15.9 Å². The van der Waals surface area contributed by atoms with E-state index < -0.39 is 10.0 Å². The number of nitrogens with one attached hydrogen (secondary N) is 2. The Kier molecular flexibility index (Phi) is 6.47. The highest BCUT2D eigenvalue weighted by Gasteiger charge is 2.19. The van der Waals surface area contributed by atoms with Crippen LogP contribution in [0.1, 0.15) is 18.4 Å². The fourth-order valence-electron chi connectivity index (χ4n) is 3.25. The molecule has 0 fully saturated rings. The van der Waals surface area contributed by atoms with E-state index in [0.717, 1.165) is 12.0 Å². The highest BCUT2D eigenvalue weighted by molar-refractivity contribution is 7.89. The minimum Gasteiger partial charge on any atom is -0.490 e. The van der Waals surface area contributed by atoms with Gasteiger partial charge >= 0.3 is 0 Å². The van der Waals surface area contributed by atoms with E-state index >= 15 is 0 Å². The number of carbonyl (C=O) groups is 1. The van der Waals surface area contributed by atoms with Crippen LogP contribution in [0.2, 0.25) is 0 Å². The maximum atomic E-state index is 12.6. The predicted octanol–water partition coefficient (Wildman–Crippen LogP) is 1.60. The number of hydrogen-bond donors (Lipinski definition) is 2. The van der Waals surface area contributed by atoms with E-state index in [-0.39, 0.29) is 30.3 Å². The highest BCUT2D eigenvalue weighted by Crippen LogP contribution is 2.33. The molecular weight excluding hydrogens is 424 g/mol. The molecule has 0 saturated heterocycles. The number of para-hydroxylation sites is 1. The first-order valence-corrected chi connectivity index (χ1v) is 11.5. The van der Waals surface area contributed by atoms with Gasteiger partial charge in [-0.25, -0.2) is 13.1 Å². The molecule has 2 aromatic carbocycles. The second kappa shape index (κ2) is 9.44. The number of fused-ring (bicyclic) bond motifs is 2. The molecule has 0 aromatic heterocycles. The maximum absolute atomic E-state index is 12.6. The summed E-state index contributed by atoms with van der Waals surface area (Å²) in [6.45, 7) is 2.17. The number of rotatable bonds is 7. The van der Waals surface area contributed by atoms with Gasteiger partial charge in [0.2, 0.25) is 15.9 Å². The monoisotopic (exact) mass is 448 g/mol. The van der Waals surface area contributed by atoms with E-state index in [0.29, 0.717) is 49.4 Å². The Balaban J connectivity index is 1.29. The Morgan fingerprint density at radius 3 is 2.55 bits per heavy atom. The van der Waals surface area contributed by atoms with Crippen LogP contribution in [0.4, 0.5) is 0 Å². The van der Waals surface area contributed by atoms with E-state index in [2.05, 4.69) is 10.0 Å². The Morgan fingerprint density at radius 1 is 0.903 bits per heavy atom. The Bertz CT molecular complexity index is 1060. The van der Waals surface area contributed by atoms with Gasteiger partial charge in [-0.05, 0) is 18.2 Å². The number of amides is 1. The quantitative estimate of drug-likeness (QED) is 0.662. The summed E-state index contributed by atoms with van der Waals surface area (Å²) >= 11 is 0. The molecule has 2 N–H and O–H groups in total. The fourth-order valence-corrected chi connectivity index (χ4v) is 4.30. The van der Waals surface area contributed by atoms with Gasteiger partial charge in [0.05, 0.1) is 18.1 Å². The number of sulfonamides is 1. The maximum Gasteiger partial charge on any atom is 0.240 e. The van der Waals surface area contributed by atoms with Crippen LogP contribution in [0.25, 0.3) is 0 Å². The normalized spacial score (nSPS) is 15.1. The molecule has 0 atom stereocenters. The highest BCUT2D eigenvalue weighted by atomic mass is 32.2. The number of benzene rings is 2. The van der Waals surface area contributed by atoms with Gasteiger partial charge in [0.15, 0.2) is 23.0 Å². The summed E-state index contributed by atoms with van der Waals surface area (Å²) in [7, 11) is -3.78. The van der Waals surface area contributed by atoms with Gasteiger partial charge in [0.1, 0.15) is 13.2 Å². The molecule has 2 heterocycles. The van der Waals surface area contributed by atoms with E-state index in [1.165, 1.54) is 12.1 Å². The van der Waals surface area contributed by atoms with Gasteiger partial charge in [-0.15, -0.1) is 0 Å². The van der Waals surface area contributed by atoms with Crippen molar-refractivity contribution in [1.29, 1.82) is 0 Å². The predicted molar refractivity (Wildman–Crippen MR) is 111 cm³/mol. The lowest BCUT2D eigenvalue weighted by atomic mass is 10.1. The van der Waals surface area contributed by atoms with Crippen molar-refractivity contribution in [3.8, 4) is 23.0 Å². The first-order valence-electron chi connectivity index (χ1n) is 10.1. The first kappa shape index (κ1) is 21.3. The van der Waals surface area contributed by atoms with Crippen LogP contribution in [0.5, 0.6) is 23.0 Å².